The third kappa shape index (κ3) is 4.88. The molecule has 2 saturated heterocycles. The summed E-state index contributed by atoms with van der Waals surface area (Å²) >= 11 is 0. The van der Waals surface area contributed by atoms with E-state index in [0.717, 1.165) is 15.4 Å². The number of allylic oxidation sites excluding steroid dienone is 3. The molecule has 1 aromatic carbocycles. The van der Waals surface area contributed by atoms with Crippen LogP contribution in [0, 0.1) is 35.5 Å². The third-order valence-corrected chi connectivity index (χ3v) is 9.55. The van der Waals surface area contributed by atoms with Gasteiger partial charge in [-0.25, -0.2) is 0 Å². The fraction of sp³-hybridized carbons (Fsp3) is 0.484. The molecule has 4 amide bonds. The van der Waals surface area contributed by atoms with E-state index < -0.39 is 59.3 Å². The summed E-state index contributed by atoms with van der Waals surface area (Å²) in [5, 5.41) is 28.2. The highest BCUT2D eigenvalue weighted by atomic mass is 16.5. The summed E-state index contributed by atoms with van der Waals surface area (Å²) in [6.07, 6.45) is 4.19. The number of imide groups is 2. The van der Waals surface area contributed by atoms with Crippen molar-refractivity contribution in [1.82, 2.24) is 9.80 Å². The highest BCUT2D eigenvalue weighted by molar-refractivity contribution is 6.07. The summed E-state index contributed by atoms with van der Waals surface area (Å²) in [4.78, 5) is 79.0. The average Bonchev–Trinajstić information content (AvgIpc) is 3.35. The van der Waals surface area contributed by atoms with Gasteiger partial charge in [0.1, 0.15) is 11.5 Å². The number of carboxylic acids is 2. The van der Waals surface area contributed by atoms with Crippen LogP contribution in [-0.2, 0) is 35.2 Å². The van der Waals surface area contributed by atoms with Crippen LogP contribution in [0.2, 0.25) is 0 Å². The number of aromatic hydroxyl groups is 1. The van der Waals surface area contributed by atoms with E-state index in [9.17, 15) is 33.9 Å². The van der Waals surface area contributed by atoms with Gasteiger partial charge < -0.3 is 20.1 Å². The highest BCUT2D eigenvalue weighted by Crippen LogP contribution is 2.57. The van der Waals surface area contributed by atoms with Crippen molar-refractivity contribution in [1.29, 1.82) is 0 Å². The zero-order chi connectivity index (χ0) is 30.6. The summed E-state index contributed by atoms with van der Waals surface area (Å²) in [6, 6.07) is 4.73. The van der Waals surface area contributed by atoms with Crippen LogP contribution in [-0.4, -0.2) is 73.8 Å². The molecule has 1 aromatic rings. The van der Waals surface area contributed by atoms with Crippen LogP contribution in [0.3, 0.4) is 0 Å². The lowest BCUT2D eigenvalue weighted by Gasteiger charge is -2.45. The van der Waals surface area contributed by atoms with Gasteiger partial charge in [0.25, 0.3) is 0 Å². The second kappa shape index (κ2) is 11.0. The number of fused-ring (bicyclic) bond motifs is 5. The molecule has 3 aliphatic heterocycles. The molecule has 0 aromatic heterocycles. The lowest BCUT2D eigenvalue weighted by atomic mass is 9.56. The van der Waals surface area contributed by atoms with Crippen LogP contribution in [0.15, 0.2) is 41.7 Å². The minimum absolute atomic E-state index is 0.00252. The Morgan fingerprint density at radius 2 is 1.47 bits per heavy atom. The molecule has 5 aliphatic rings. The smallest absolute Gasteiger partial charge is 0.303 e. The fourth-order valence-corrected chi connectivity index (χ4v) is 7.76. The number of benzene rings is 1. The van der Waals surface area contributed by atoms with Crippen molar-refractivity contribution in [2.75, 3.05) is 13.1 Å². The topological polar surface area (TPSA) is 179 Å². The number of carboxylic acid groups (broad SMARTS) is 2. The van der Waals surface area contributed by atoms with E-state index in [2.05, 4.69) is 0 Å². The summed E-state index contributed by atoms with van der Waals surface area (Å²) in [5.74, 6) is -6.94. The summed E-state index contributed by atoms with van der Waals surface area (Å²) in [6.45, 7) is -0.0248. The molecule has 43 heavy (non-hydrogen) atoms. The molecule has 3 N–H and O–H groups in total. The molecule has 6 atom stereocenters. The quantitative estimate of drug-likeness (QED) is 0.284. The van der Waals surface area contributed by atoms with E-state index in [1.165, 1.54) is 6.07 Å². The van der Waals surface area contributed by atoms with Crippen LogP contribution < -0.4 is 4.74 Å². The summed E-state index contributed by atoms with van der Waals surface area (Å²) < 4.78 is 5.91. The van der Waals surface area contributed by atoms with Gasteiger partial charge in [-0.3, -0.25) is 38.6 Å². The third-order valence-electron chi connectivity index (χ3n) is 9.55. The van der Waals surface area contributed by atoms with Crippen molar-refractivity contribution < 1.29 is 48.8 Å². The zero-order valence-electron chi connectivity index (χ0n) is 23.3. The Kier molecular flexibility index (Phi) is 7.31. The van der Waals surface area contributed by atoms with E-state index in [-0.39, 0.29) is 69.2 Å². The number of nitrogens with zero attached hydrogens (tertiary/aromatic N) is 2. The number of hydrogen-bond donors (Lipinski definition) is 3. The molecule has 12 heteroatoms. The normalized spacial score (nSPS) is 29.3. The van der Waals surface area contributed by atoms with Gasteiger partial charge in [0.15, 0.2) is 0 Å². The number of phenolic OH excluding ortho intramolecular Hbond substituents is 1. The SMILES string of the molecule is O=C(O)CCCN1C(=O)C2CC=C3C(CC4C(=O)N(CCCC(=O)O)C(=O)C4C3C3=COc4ccc(O)cc4C3)C2C1=O. The van der Waals surface area contributed by atoms with E-state index >= 15 is 0 Å². The second-order valence-corrected chi connectivity index (χ2v) is 12.0. The molecule has 3 fully saturated rings. The van der Waals surface area contributed by atoms with Crippen molar-refractivity contribution in [2.45, 2.75) is 44.9 Å². The fourth-order valence-electron chi connectivity index (χ4n) is 7.76. The molecule has 6 unspecified atom stereocenters. The minimum atomic E-state index is -1.03. The Bertz CT molecular complexity index is 1490. The van der Waals surface area contributed by atoms with Gasteiger partial charge in [0.2, 0.25) is 23.6 Å². The Morgan fingerprint density at radius 1 is 0.837 bits per heavy atom. The van der Waals surface area contributed by atoms with Crippen LogP contribution in [0.1, 0.15) is 44.1 Å². The molecule has 0 radical (unpaired) electrons. The molecule has 6 rings (SSSR count). The molecule has 12 nitrogen and oxygen atoms in total. The summed E-state index contributed by atoms with van der Waals surface area (Å²) in [5.41, 5.74) is 2.23. The number of likely N-dealkylation sites (tertiary alicyclic amines) is 2. The maximum Gasteiger partial charge on any atom is 0.303 e. The number of ether oxygens (including phenoxy) is 1. The first kappa shape index (κ1) is 28.6. The van der Waals surface area contributed by atoms with Gasteiger partial charge >= 0.3 is 11.9 Å². The molecule has 3 heterocycles. The second-order valence-electron chi connectivity index (χ2n) is 12.0. The van der Waals surface area contributed by atoms with Crippen LogP contribution >= 0.6 is 0 Å². The molecule has 0 spiro atoms. The first-order valence-corrected chi connectivity index (χ1v) is 14.6. The zero-order valence-corrected chi connectivity index (χ0v) is 23.3. The molecule has 0 bridgehead atoms. The Balaban J connectivity index is 1.35. The first-order chi connectivity index (χ1) is 20.6. The van der Waals surface area contributed by atoms with E-state index in [1.807, 2.05) is 6.08 Å². The Labute approximate surface area is 246 Å². The van der Waals surface area contributed by atoms with E-state index in [4.69, 9.17) is 14.9 Å². The van der Waals surface area contributed by atoms with Crippen molar-refractivity contribution in [2.24, 2.45) is 35.5 Å². The number of carbonyl (C=O) groups is 6. The van der Waals surface area contributed by atoms with Gasteiger partial charge in [-0.1, -0.05) is 11.6 Å². The number of rotatable bonds is 9. The van der Waals surface area contributed by atoms with Crippen LogP contribution in [0.4, 0.5) is 0 Å². The van der Waals surface area contributed by atoms with Crippen molar-refractivity contribution in [3.63, 3.8) is 0 Å². The van der Waals surface area contributed by atoms with Gasteiger partial charge in [-0.15, -0.1) is 0 Å². The predicted molar refractivity (Wildman–Crippen MR) is 146 cm³/mol. The maximum absolute atomic E-state index is 13.9. The molecule has 2 aliphatic carbocycles. The number of aliphatic carboxylic acids is 2. The van der Waals surface area contributed by atoms with Crippen molar-refractivity contribution >= 4 is 35.6 Å². The standard InChI is InChI=1S/C31H32N2O10/c34-17-5-8-22-15(12-17)11-16(14-43-22)25-18-6-7-19-26(30(41)32(28(19)39)9-1-3-23(35)36)20(18)13-21-27(25)31(42)33(29(21)40)10-2-4-24(37)38/h5-6,8,12,14,19-21,25-27,34H,1-4,7,9-11,13H2,(H,35,36)(H,37,38). The first-order valence-electron chi connectivity index (χ1n) is 14.6. The number of carbonyl (C=O) groups excluding carboxylic acids is 4. The van der Waals surface area contributed by atoms with Crippen LogP contribution in [0.25, 0.3) is 0 Å². The van der Waals surface area contributed by atoms with E-state index in [1.54, 1.807) is 18.4 Å². The van der Waals surface area contributed by atoms with Crippen LogP contribution in [0.5, 0.6) is 11.5 Å². The Morgan fingerprint density at radius 3 is 2.12 bits per heavy atom. The molecular formula is C31H32N2O10. The Hall–Kier alpha value is -4.48. The largest absolute Gasteiger partial charge is 0.508 e. The van der Waals surface area contributed by atoms with Gasteiger partial charge in [-0.05, 0) is 55.4 Å². The highest BCUT2D eigenvalue weighted by Gasteiger charge is 2.62. The maximum atomic E-state index is 13.9. The molecule has 226 valence electrons. The number of amides is 4. The number of phenols is 1. The van der Waals surface area contributed by atoms with E-state index in [0.29, 0.717) is 23.3 Å². The van der Waals surface area contributed by atoms with Gasteiger partial charge in [-0.2, -0.15) is 0 Å². The molecule has 1 saturated carbocycles. The monoisotopic (exact) mass is 592 g/mol. The minimum Gasteiger partial charge on any atom is -0.508 e. The summed E-state index contributed by atoms with van der Waals surface area (Å²) in [7, 11) is 0. The van der Waals surface area contributed by atoms with Gasteiger partial charge in [0.05, 0.1) is 29.9 Å². The number of hydrogen-bond acceptors (Lipinski definition) is 8. The lowest BCUT2D eigenvalue weighted by molar-refractivity contribution is -0.143. The lowest BCUT2D eigenvalue weighted by Crippen LogP contribution is -2.45. The van der Waals surface area contributed by atoms with Gasteiger partial charge in [0, 0.05) is 43.8 Å². The predicted octanol–water partition coefficient (Wildman–Crippen LogP) is 2.11. The van der Waals surface area contributed by atoms with Crippen molar-refractivity contribution in [3.8, 4) is 11.5 Å². The molecular weight excluding hydrogens is 560 g/mol. The average molecular weight is 593 g/mol. The van der Waals surface area contributed by atoms with Crippen molar-refractivity contribution in [3.05, 3.63) is 47.2 Å².